The SMILES string of the molecule is CCc1ccc(N)c2c[nH+]c3cccc(-c4ccccc4N)c3c12.[Br-]. The van der Waals surface area contributed by atoms with Crippen LogP contribution in [-0.2, 0) is 6.42 Å². The summed E-state index contributed by atoms with van der Waals surface area (Å²) in [5.41, 5.74) is 18.6. The van der Waals surface area contributed by atoms with Gasteiger partial charge >= 0.3 is 0 Å². The maximum Gasteiger partial charge on any atom is 0.212 e. The van der Waals surface area contributed by atoms with E-state index in [9.17, 15) is 0 Å². The average Bonchev–Trinajstić information content (AvgIpc) is 2.62. The molecule has 1 heterocycles. The zero-order valence-electron chi connectivity index (χ0n) is 14.0. The Morgan fingerprint density at radius 1 is 0.800 bits per heavy atom. The Bertz CT molecular complexity index is 1070. The van der Waals surface area contributed by atoms with Crippen LogP contribution in [0.1, 0.15) is 12.5 Å². The normalized spacial score (nSPS) is 10.8. The van der Waals surface area contributed by atoms with Crippen molar-refractivity contribution < 1.29 is 22.0 Å². The van der Waals surface area contributed by atoms with Crippen molar-refractivity contribution in [3.8, 4) is 11.1 Å². The third kappa shape index (κ3) is 2.72. The number of H-pyrrole nitrogens is 1. The molecule has 0 saturated carbocycles. The minimum absolute atomic E-state index is 0. The van der Waals surface area contributed by atoms with Crippen LogP contribution in [0.5, 0.6) is 0 Å². The number of hydrogen-bond acceptors (Lipinski definition) is 2. The third-order valence-electron chi connectivity index (χ3n) is 4.68. The van der Waals surface area contributed by atoms with Crippen LogP contribution in [0.15, 0.2) is 60.8 Å². The number of halogens is 1. The monoisotopic (exact) mass is 393 g/mol. The Balaban J connectivity index is 0.00000182. The maximum absolute atomic E-state index is 6.25. The predicted octanol–water partition coefficient (Wildman–Crippen LogP) is 1.20. The number of nitrogen functional groups attached to an aromatic ring is 2. The molecule has 4 rings (SSSR count). The number of benzene rings is 3. The molecule has 25 heavy (non-hydrogen) atoms. The van der Waals surface area contributed by atoms with Crippen molar-refractivity contribution in [3.63, 3.8) is 0 Å². The molecule has 126 valence electrons. The molecule has 0 unspecified atom stereocenters. The van der Waals surface area contributed by atoms with Gasteiger partial charge in [-0.3, -0.25) is 0 Å². The molecule has 0 bridgehead atoms. The van der Waals surface area contributed by atoms with E-state index in [1.165, 1.54) is 16.3 Å². The van der Waals surface area contributed by atoms with Gasteiger partial charge in [0.25, 0.3) is 0 Å². The van der Waals surface area contributed by atoms with E-state index in [0.717, 1.165) is 39.8 Å². The van der Waals surface area contributed by atoms with Crippen LogP contribution >= 0.6 is 0 Å². The van der Waals surface area contributed by atoms with Crippen LogP contribution in [0.3, 0.4) is 0 Å². The van der Waals surface area contributed by atoms with Gasteiger partial charge in [-0.05, 0) is 29.7 Å². The molecular formula is C21H20BrN3. The summed E-state index contributed by atoms with van der Waals surface area (Å²) in [6.45, 7) is 2.17. The smallest absolute Gasteiger partial charge is 0.212 e. The first kappa shape index (κ1) is 17.2. The second kappa shape index (κ2) is 6.73. The zero-order chi connectivity index (χ0) is 16.7. The number of nitrogens with two attached hydrogens (primary N) is 2. The molecule has 4 heteroatoms. The van der Waals surface area contributed by atoms with Gasteiger partial charge in [0.2, 0.25) is 5.52 Å². The van der Waals surface area contributed by atoms with Gasteiger partial charge in [0.05, 0.1) is 10.8 Å². The highest BCUT2D eigenvalue weighted by Gasteiger charge is 2.17. The van der Waals surface area contributed by atoms with Crippen molar-refractivity contribution in [1.29, 1.82) is 0 Å². The molecular weight excluding hydrogens is 374 g/mol. The van der Waals surface area contributed by atoms with Crippen LogP contribution in [0.2, 0.25) is 0 Å². The molecule has 0 aliphatic rings. The number of aryl methyl sites for hydroxylation is 1. The van der Waals surface area contributed by atoms with Gasteiger partial charge < -0.3 is 28.4 Å². The number of aromatic nitrogens is 1. The van der Waals surface area contributed by atoms with E-state index in [1.54, 1.807) is 0 Å². The molecule has 1 aromatic heterocycles. The minimum atomic E-state index is 0. The lowest BCUT2D eigenvalue weighted by molar-refractivity contribution is -0.342. The van der Waals surface area contributed by atoms with Crippen LogP contribution in [0, 0.1) is 0 Å². The first-order valence-corrected chi connectivity index (χ1v) is 8.20. The quantitative estimate of drug-likeness (QED) is 0.397. The van der Waals surface area contributed by atoms with Gasteiger partial charge in [-0.15, -0.1) is 0 Å². The summed E-state index contributed by atoms with van der Waals surface area (Å²) in [7, 11) is 0. The average molecular weight is 394 g/mol. The number of anilines is 2. The molecule has 0 saturated heterocycles. The maximum atomic E-state index is 6.25. The molecule has 0 fully saturated rings. The molecule has 0 radical (unpaired) electrons. The van der Waals surface area contributed by atoms with Crippen molar-refractivity contribution >= 4 is 33.1 Å². The van der Waals surface area contributed by atoms with E-state index < -0.39 is 0 Å². The van der Waals surface area contributed by atoms with Crippen molar-refractivity contribution in [2.45, 2.75) is 13.3 Å². The summed E-state index contributed by atoms with van der Waals surface area (Å²) < 4.78 is 0. The molecule has 5 N–H and O–H groups in total. The lowest BCUT2D eigenvalue weighted by atomic mass is 9.92. The van der Waals surface area contributed by atoms with Crippen molar-refractivity contribution in [3.05, 3.63) is 66.4 Å². The van der Waals surface area contributed by atoms with Gasteiger partial charge in [0.15, 0.2) is 6.20 Å². The topological polar surface area (TPSA) is 66.2 Å². The highest BCUT2D eigenvalue weighted by molar-refractivity contribution is 6.15. The zero-order valence-corrected chi connectivity index (χ0v) is 15.6. The molecule has 0 aliphatic heterocycles. The van der Waals surface area contributed by atoms with Crippen LogP contribution < -0.4 is 33.4 Å². The summed E-state index contributed by atoms with van der Waals surface area (Å²) in [6.07, 6.45) is 2.96. The van der Waals surface area contributed by atoms with E-state index in [1.807, 2.05) is 30.5 Å². The van der Waals surface area contributed by atoms with E-state index in [4.69, 9.17) is 11.5 Å². The Kier molecular flexibility index (Phi) is 4.64. The Morgan fingerprint density at radius 2 is 1.56 bits per heavy atom. The molecule has 0 atom stereocenters. The number of nitrogens with one attached hydrogen (secondary N) is 1. The molecule has 3 nitrogen and oxygen atoms in total. The number of pyridine rings is 1. The van der Waals surface area contributed by atoms with E-state index in [-0.39, 0.29) is 17.0 Å². The molecule has 3 aromatic carbocycles. The fourth-order valence-corrected chi connectivity index (χ4v) is 3.48. The molecule has 0 spiro atoms. The van der Waals surface area contributed by atoms with Gasteiger partial charge in [0.1, 0.15) is 0 Å². The highest BCUT2D eigenvalue weighted by Crippen LogP contribution is 2.37. The van der Waals surface area contributed by atoms with Crippen LogP contribution in [0.4, 0.5) is 11.4 Å². The third-order valence-corrected chi connectivity index (χ3v) is 4.68. The van der Waals surface area contributed by atoms with Crippen LogP contribution in [0.25, 0.3) is 32.8 Å². The lowest BCUT2D eigenvalue weighted by Crippen LogP contribution is -3.00. The minimum Gasteiger partial charge on any atom is -1.00 e. The largest absolute Gasteiger partial charge is 1.00 e. The van der Waals surface area contributed by atoms with Gasteiger partial charge in [-0.1, -0.05) is 43.3 Å². The molecule has 4 aromatic rings. The Hall–Kier alpha value is -2.59. The number of aromatic amines is 1. The van der Waals surface area contributed by atoms with Gasteiger partial charge in [-0.25, -0.2) is 4.98 Å². The summed E-state index contributed by atoms with van der Waals surface area (Å²) in [5, 5.41) is 3.45. The van der Waals surface area contributed by atoms with E-state index in [0.29, 0.717) is 0 Å². The number of hydrogen-bond donors (Lipinski definition) is 2. The molecule has 0 aliphatic carbocycles. The van der Waals surface area contributed by atoms with Crippen molar-refractivity contribution in [2.75, 3.05) is 11.5 Å². The standard InChI is InChI=1S/C21H19N3.BrH/c1-2-13-10-11-18(23)16-12-24-19-9-5-7-15(21(19)20(13)16)14-6-3-4-8-17(14)22;/h3-12H,2,22-23H2,1H3;1H. The Morgan fingerprint density at radius 3 is 2.32 bits per heavy atom. The summed E-state index contributed by atoms with van der Waals surface area (Å²) in [5.74, 6) is 0. The van der Waals surface area contributed by atoms with Crippen LogP contribution in [-0.4, -0.2) is 0 Å². The number of fused-ring (bicyclic) bond motifs is 3. The number of para-hydroxylation sites is 1. The van der Waals surface area contributed by atoms with Crippen molar-refractivity contribution in [2.24, 2.45) is 0 Å². The first-order chi connectivity index (χ1) is 11.7. The summed E-state index contributed by atoms with van der Waals surface area (Å²) >= 11 is 0. The lowest BCUT2D eigenvalue weighted by Gasteiger charge is -2.12. The summed E-state index contributed by atoms with van der Waals surface area (Å²) in [4.78, 5) is 3.39. The highest BCUT2D eigenvalue weighted by atomic mass is 79.9. The number of rotatable bonds is 2. The first-order valence-electron chi connectivity index (χ1n) is 8.20. The predicted molar refractivity (Wildman–Crippen MR) is 102 cm³/mol. The van der Waals surface area contributed by atoms with Gasteiger partial charge in [0, 0.05) is 28.4 Å². The second-order valence-corrected chi connectivity index (χ2v) is 6.06. The van der Waals surface area contributed by atoms with E-state index in [2.05, 4.69) is 42.2 Å². The fraction of sp³-hybridized carbons (Fsp3) is 0.0952. The second-order valence-electron chi connectivity index (χ2n) is 6.06. The van der Waals surface area contributed by atoms with Gasteiger partial charge in [-0.2, -0.15) is 0 Å². The van der Waals surface area contributed by atoms with Crippen molar-refractivity contribution in [1.82, 2.24) is 0 Å². The van der Waals surface area contributed by atoms with E-state index >= 15 is 0 Å². The molecule has 0 amide bonds. The Labute approximate surface area is 157 Å². The summed E-state index contributed by atoms with van der Waals surface area (Å²) in [6, 6.07) is 18.4. The fourth-order valence-electron chi connectivity index (χ4n) is 3.48.